The minimum atomic E-state index is -0.326. The van der Waals surface area contributed by atoms with Gasteiger partial charge in [-0.3, -0.25) is 0 Å². The third-order valence-electron chi connectivity index (χ3n) is 2.64. The quantitative estimate of drug-likeness (QED) is 0.886. The van der Waals surface area contributed by atoms with E-state index in [9.17, 15) is 4.39 Å². The smallest absolute Gasteiger partial charge is 0.129 e. The lowest BCUT2D eigenvalue weighted by Gasteiger charge is -2.09. The second kappa shape index (κ2) is 5.85. The van der Waals surface area contributed by atoms with E-state index in [-0.39, 0.29) is 12.4 Å². The van der Waals surface area contributed by atoms with E-state index in [2.05, 4.69) is 5.32 Å². The molecule has 0 radical (unpaired) electrons. The van der Waals surface area contributed by atoms with E-state index in [4.69, 9.17) is 16.7 Å². The number of hydrogen-bond donors (Lipinski definition) is 2. The summed E-state index contributed by atoms with van der Waals surface area (Å²) < 4.78 is 13.5. The van der Waals surface area contributed by atoms with Gasteiger partial charge in [0.15, 0.2) is 0 Å². The van der Waals surface area contributed by atoms with Crippen LogP contribution in [-0.4, -0.2) is 5.11 Å². The molecular formula is C14H13ClFNO. The average molecular weight is 266 g/mol. The molecule has 0 aliphatic rings. The van der Waals surface area contributed by atoms with Gasteiger partial charge in [0.2, 0.25) is 0 Å². The second-order valence-electron chi connectivity index (χ2n) is 3.91. The molecule has 0 fully saturated rings. The van der Waals surface area contributed by atoms with Gasteiger partial charge in [0.1, 0.15) is 5.82 Å². The number of hydrogen-bond acceptors (Lipinski definition) is 2. The minimum Gasteiger partial charge on any atom is -0.392 e. The summed E-state index contributed by atoms with van der Waals surface area (Å²) in [6.45, 7) is 0.288. The number of halogens is 2. The van der Waals surface area contributed by atoms with Gasteiger partial charge in [0, 0.05) is 22.8 Å². The van der Waals surface area contributed by atoms with Gasteiger partial charge in [-0.1, -0.05) is 29.8 Å². The Morgan fingerprint density at radius 1 is 1.17 bits per heavy atom. The summed E-state index contributed by atoms with van der Waals surface area (Å²) in [6, 6.07) is 11.9. The Labute approximate surface area is 110 Å². The maximum absolute atomic E-state index is 13.5. The molecule has 2 aromatic rings. The van der Waals surface area contributed by atoms with Crippen molar-refractivity contribution in [3.63, 3.8) is 0 Å². The van der Waals surface area contributed by atoms with Crippen molar-refractivity contribution in [2.75, 3.05) is 5.32 Å². The van der Waals surface area contributed by atoms with Gasteiger partial charge in [-0.2, -0.15) is 0 Å². The molecule has 0 heterocycles. The predicted molar refractivity (Wildman–Crippen MR) is 71.1 cm³/mol. The maximum Gasteiger partial charge on any atom is 0.129 e. The normalized spacial score (nSPS) is 10.4. The highest BCUT2D eigenvalue weighted by Gasteiger charge is 2.06. The monoisotopic (exact) mass is 265 g/mol. The second-order valence-corrected chi connectivity index (χ2v) is 4.32. The van der Waals surface area contributed by atoms with E-state index < -0.39 is 0 Å². The first-order chi connectivity index (χ1) is 8.70. The molecule has 0 spiro atoms. The number of anilines is 1. The van der Waals surface area contributed by atoms with Crippen LogP contribution in [0.15, 0.2) is 42.5 Å². The summed E-state index contributed by atoms with van der Waals surface area (Å²) >= 11 is 5.93. The first-order valence-electron chi connectivity index (χ1n) is 5.57. The summed E-state index contributed by atoms with van der Waals surface area (Å²) in [5.74, 6) is -0.326. The Bertz CT molecular complexity index is 525. The van der Waals surface area contributed by atoms with Gasteiger partial charge < -0.3 is 10.4 Å². The fourth-order valence-corrected chi connectivity index (χ4v) is 1.90. The molecule has 0 atom stereocenters. The SMILES string of the molecule is OCc1cccc(NCc2c(F)cccc2Cl)c1. The fourth-order valence-electron chi connectivity index (χ4n) is 1.67. The predicted octanol–water partition coefficient (Wildman–Crippen LogP) is 3.58. The molecular weight excluding hydrogens is 253 g/mol. The van der Waals surface area contributed by atoms with Gasteiger partial charge in [0.25, 0.3) is 0 Å². The third-order valence-corrected chi connectivity index (χ3v) is 2.99. The molecule has 94 valence electrons. The molecule has 2 N–H and O–H groups in total. The zero-order chi connectivity index (χ0) is 13.0. The van der Waals surface area contributed by atoms with Crippen LogP contribution in [0.4, 0.5) is 10.1 Å². The van der Waals surface area contributed by atoms with Gasteiger partial charge >= 0.3 is 0 Å². The van der Waals surface area contributed by atoms with Crippen molar-refractivity contribution in [2.45, 2.75) is 13.2 Å². The molecule has 0 bridgehead atoms. The van der Waals surface area contributed by atoms with Crippen LogP contribution in [0.25, 0.3) is 0 Å². The lowest BCUT2D eigenvalue weighted by molar-refractivity contribution is 0.282. The standard InChI is InChI=1S/C14H13ClFNO/c15-13-5-2-6-14(16)12(13)8-17-11-4-1-3-10(7-11)9-18/h1-7,17-18H,8-9H2. The highest BCUT2D eigenvalue weighted by Crippen LogP contribution is 2.20. The molecule has 0 aromatic heterocycles. The van der Waals surface area contributed by atoms with E-state index in [1.165, 1.54) is 6.07 Å². The van der Waals surface area contributed by atoms with Gasteiger partial charge in [-0.25, -0.2) is 4.39 Å². The molecule has 0 aliphatic heterocycles. The van der Waals surface area contributed by atoms with Crippen LogP contribution < -0.4 is 5.32 Å². The zero-order valence-electron chi connectivity index (χ0n) is 9.66. The number of rotatable bonds is 4. The number of aliphatic hydroxyl groups excluding tert-OH is 1. The molecule has 0 amide bonds. The average Bonchev–Trinajstić information content (AvgIpc) is 2.38. The number of aliphatic hydroxyl groups is 1. The summed E-state index contributed by atoms with van der Waals surface area (Å²) in [7, 11) is 0. The van der Waals surface area contributed by atoms with Crippen molar-refractivity contribution < 1.29 is 9.50 Å². The first kappa shape index (κ1) is 12.9. The van der Waals surface area contributed by atoms with Crippen LogP contribution in [0.1, 0.15) is 11.1 Å². The molecule has 0 unspecified atom stereocenters. The Morgan fingerprint density at radius 3 is 2.67 bits per heavy atom. The van der Waals surface area contributed by atoms with Crippen LogP contribution in [0.3, 0.4) is 0 Å². The van der Waals surface area contributed by atoms with E-state index >= 15 is 0 Å². The van der Waals surface area contributed by atoms with Gasteiger partial charge in [-0.05, 0) is 29.8 Å². The summed E-state index contributed by atoms with van der Waals surface area (Å²) in [5.41, 5.74) is 2.06. The zero-order valence-corrected chi connectivity index (χ0v) is 10.4. The van der Waals surface area contributed by atoms with Crippen LogP contribution in [0.5, 0.6) is 0 Å². The lowest BCUT2D eigenvalue weighted by Crippen LogP contribution is -2.03. The van der Waals surface area contributed by atoms with Gasteiger partial charge in [0.05, 0.1) is 6.61 Å². The van der Waals surface area contributed by atoms with Crippen molar-refractivity contribution in [3.8, 4) is 0 Å². The maximum atomic E-state index is 13.5. The van der Waals surface area contributed by atoms with Crippen molar-refractivity contribution in [1.29, 1.82) is 0 Å². The Kier molecular flexibility index (Phi) is 4.18. The van der Waals surface area contributed by atoms with Crippen molar-refractivity contribution in [2.24, 2.45) is 0 Å². The number of nitrogens with one attached hydrogen (secondary N) is 1. The van der Waals surface area contributed by atoms with Crippen molar-refractivity contribution in [1.82, 2.24) is 0 Å². The molecule has 2 rings (SSSR count). The first-order valence-corrected chi connectivity index (χ1v) is 5.95. The highest BCUT2D eigenvalue weighted by molar-refractivity contribution is 6.31. The largest absolute Gasteiger partial charge is 0.392 e. The Hall–Kier alpha value is -1.58. The lowest BCUT2D eigenvalue weighted by atomic mass is 10.2. The third kappa shape index (κ3) is 3.00. The molecule has 4 heteroatoms. The molecule has 0 saturated carbocycles. The van der Waals surface area contributed by atoms with Crippen LogP contribution in [0.2, 0.25) is 5.02 Å². The van der Waals surface area contributed by atoms with Crippen LogP contribution >= 0.6 is 11.6 Å². The van der Waals surface area contributed by atoms with Crippen molar-refractivity contribution in [3.05, 3.63) is 64.4 Å². The topological polar surface area (TPSA) is 32.3 Å². The van der Waals surface area contributed by atoms with Crippen LogP contribution in [0, 0.1) is 5.82 Å². The van der Waals surface area contributed by atoms with Crippen molar-refractivity contribution >= 4 is 17.3 Å². The minimum absolute atomic E-state index is 0.0179. The van der Waals surface area contributed by atoms with Gasteiger partial charge in [-0.15, -0.1) is 0 Å². The fraction of sp³-hybridized carbons (Fsp3) is 0.143. The molecule has 2 nitrogen and oxygen atoms in total. The van der Waals surface area contributed by atoms with Crippen LogP contribution in [-0.2, 0) is 13.2 Å². The Balaban J connectivity index is 2.11. The summed E-state index contributed by atoms with van der Waals surface area (Å²) in [4.78, 5) is 0. The molecule has 0 aliphatic carbocycles. The Morgan fingerprint density at radius 2 is 1.94 bits per heavy atom. The summed E-state index contributed by atoms with van der Waals surface area (Å²) in [5, 5.41) is 12.5. The molecule has 18 heavy (non-hydrogen) atoms. The van der Waals surface area contributed by atoms with E-state index in [1.807, 2.05) is 24.3 Å². The molecule has 2 aromatic carbocycles. The highest BCUT2D eigenvalue weighted by atomic mass is 35.5. The van der Waals surface area contributed by atoms with E-state index in [0.29, 0.717) is 17.1 Å². The molecule has 0 saturated heterocycles. The summed E-state index contributed by atoms with van der Waals surface area (Å²) in [6.07, 6.45) is 0. The van der Waals surface area contributed by atoms with E-state index in [0.717, 1.165) is 11.3 Å². The number of benzene rings is 2. The van der Waals surface area contributed by atoms with E-state index in [1.54, 1.807) is 12.1 Å².